The molecule has 164 valence electrons. The zero-order valence-electron chi connectivity index (χ0n) is 17.9. The molecule has 1 N–H and O–H groups in total. The van der Waals surface area contributed by atoms with E-state index in [2.05, 4.69) is 24.9 Å². The lowest BCUT2D eigenvalue weighted by atomic mass is 10.00. The van der Waals surface area contributed by atoms with E-state index in [1.165, 1.54) is 18.3 Å². The van der Waals surface area contributed by atoms with Crippen LogP contribution in [0.2, 0.25) is 0 Å². The molecule has 2 heterocycles. The highest BCUT2D eigenvalue weighted by Gasteiger charge is 2.23. The number of pyridine rings is 1. The van der Waals surface area contributed by atoms with Gasteiger partial charge in [-0.05, 0) is 29.7 Å². The summed E-state index contributed by atoms with van der Waals surface area (Å²) in [6.07, 6.45) is 1.82. The van der Waals surface area contributed by atoms with Crippen molar-refractivity contribution in [3.63, 3.8) is 0 Å². The maximum Gasteiger partial charge on any atom is 0.221 e. The van der Waals surface area contributed by atoms with E-state index < -0.39 is 10.8 Å². The lowest BCUT2D eigenvalue weighted by Gasteiger charge is -2.11. The Hall–Kier alpha value is -2.48. The third kappa shape index (κ3) is 4.65. The first kappa shape index (κ1) is 22.7. The highest BCUT2D eigenvalue weighted by molar-refractivity contribution is 7.87. The minimum absolute atomic E-state index is 0.192. The van der Waals surface area contributed by atoms with Crippen LogP contribution in [0.25, 0.3) is 32.6 Å². The topological polar surface area (TPSA) is 59.1 Å². The molecular formula is C25H24N2O2S3. The largest absolute Gasteiger partial charge is 0.324 e. The molecule has 0 aliphatic carbocycles. The number of thiol groups is 1. The molecule has 7 heteroatoms. The third-order valence-corrected chi connectivity index (χ3v) is 8.44. The second-order valence-electron chi connectivity index (χ2n) is 7.47. The van der Waals surface area contributed by atoms with Gasteiger partial charge in [-0.15, -0.1) is 24.0 Å². The van der Waals surface area contributed by atoms with E-state index in [0.717, 1.165) is 50.3 Å². The van der Waals surface area contributed by atoms with E-state index in [0.29, 0.717) is 15.6 Å². The predicted octanol–water partition coefficient (Wildman–Crippen LogP) is 6.79. The van der Waals surface area contributed by atoms with Gasteiger partial charge in [0.15, 0.2) is 0 Å². The molecule has 4 nitrogen and oxygen atoms in total. The van der Waals surface area contributed by atoms with Crippen LogP contribution in [0.15, 0.2) is 69.8 Å². The summed E-state index contributed by atoms with van der Waals surface area (Å²) in [5, 5.41) is 3.79. The number of hydrogen-bond acceptors (Lipinski definition) is 5. The van der Waals surface area contributed by atoms with Gasteiger partial charge in [0.2, 0.25) is 5.91 Å². The number of unbranched alkanes of at least 4 members (excludes halogenated alkanes) is 1. The number of carbonyl (C=O) groups excluding carboxylic acids is 1. The van der Waals surface area contributed by atoms with Crippen molar-refractivity contribution < 1.29 is 9.00 Å². The van der Waals surface area contributed by atoms with Crippen LogP contribution < -0.4 is 5.32 Å². The maximum atomic E-state index is 13.2. The lowest BCUT2D eigenvalue weighted by Crippen LogP contribution is -2.08. The van der Waals surface area contributed by atoms with E-state index in [9.17, 15) is 9.00 Å². The average molecular weight is 481 g/mol. The molecule has 0 aliphatic rings. The molecule has 0 aliphatic heterocycles. The summed E-state index contributed by atoms with van der Waals surface area (Å²) < 4.78 is 13.8. The average Bonchev–Trinajstić information content (AvgIpc) is 3.15. The molecule has 4 aromatic rings. The van der Waals surface area contributed by atoms with Gasteiger partial charge in [0, 0.05) is 28.5 Å². The number of fused-ring (bicyclic) bond motifs is 1. The monoisotopic (exact) mass is 480 g/mol. The van der Waals surface area contributed by atoms with Crippen molar-refractivity contribution in [1.29, 1.82) is 0 Å². The molecule has 32 heavy (non-hydrogen) atoms. The highest BCUT2D eigenvalue weighted by Crippen LogP contribution is 2.44. The predicted molar refractivity (Wildman–Crippen MR) is 138 cm³/mol. The summed E-state index contributed by atoms with van der Waals surface area (Å²) in [4.78, 5) is 18.6. The SMILES string of the molecule is CCCCS(=O)c1sc2nc(-c3ccccc3S)cc(-c3ccccc3)c2c1NC(C)=O. The molecule has 0 radical (unpaired) electrons. The Bertz CT molecular complexity index is 1300. The van der Waals surface area contributed by atoms with Gasteiger partial charge in [-0.3, -0.25) is 9.00 Å². The Morgan fingerprint density at radius 3 is 2.50 bits per heavy atom. The molecule has 4 rings (SSSR count). The summed E-state index contributed by atoms with van der Waals surface area (Å²) in [6, 6.07) is 19.9. The van der Waals surface area contributed by atoms with Crippen LogP contribution in [0.1, 0.15) is 26.7 Å². The lowest BCUT2D eigenvalue weighted by molar-refractivity contribution is -0.114. The molecule has 0 spiro atoms. The molecular weight excluding hydrogens is 456 g/mol. The number of benzene rings is 2. The fraction of sp³-hybridized carbons (Fsp3) is 0.200. The second-order valence-corrected chi connectivity index (χ2v) is 10.7. The van der Waals surface area contributed by atoms with Crippen molar-refractivity contribution in [3.05, 3.63) is 60.7 Å². The Balaban J connectivity index is 2.03. The maximum absolute atomic E-state index is 13.2. The number of nitrogens with one attached hydrogen (secondary N) is 1. The van der Waals surface area contributed by atoms with Crippen LogP contribution in [0.3, 0.4) is 0 Å². The fourth-order valence-electron chi connectivity index (χ4n) is 3.57. The highest BCUT2D eigenvalue weighted by atomic mass is 32.2. The van der Waals surface area contributed by atoms with Crippen molar-refractivity contribution in [1.82, 2.24) is 4.98 Å². The van der Waals surface area contributed by atoms with Gasteiger partial charge in [0.05, 0.1) is 22.2 Å². The molecule has 0 saturated carbocycles. The van der Waals surface area contributed by atoms with Crippen molar-refractivity contribution in [2.24, 2.45) is 0 Å². The molecule has 0 saturated heterocycles. The van der Waals surface area contributed by atoms with Gasteiger partial charge in [-0.1, -0.05) is 61.9 Å². The van der Waals surface area contributed by atoms with E-state index in [1.807, 2.05) is 60.7 Å². The van der Waals surface area contributed by atoms with Crippen LogP contribution in [0, 0.1) is 0 Å². The normalized spacial score (nSPS) is 12.1. The fourth-order valence-corrected chi connectivity index (χ4v) is 6.71. The van der Waals surface area contributed by atoms with Crippen LogP contribution in [0.4, 0.5) is 5.69 Å². The number of rotatable bonds is 7. The zero-order valence-corrected chi connectivity index (χ0v) is 20.4. The molecule has 1 unspecified atom stereocenters. The summed E-state index contributed by atoms with van der Waals surface area (Å²) in [7, 11) is -1.22. The van der Waals surface area contributed by atoms with Gasteiger partial charge in [-0.25, -0.2) is 4.98 Å². The van der Waals surface area contributed by atoms with Gasteiger partial charge < -0.3 is 5.32 Å². The smallest absolute Gasteiger partial charge is 0.221 e. The number of anilines is 1. The van der Waals surface area contributed by atoms with Gasteiger partial charge >= 0.3 is 0 Å². The van der Waals surface area contributed by atoms with E-state index in [-0.39, 0.29) is 5.91 Å². The van der Waals surface area contributed by atoms with E-state index in [4.69, 9.17) is 4.98 Å². The van der Waals surface area contributed by atoms with E-state index in [1.54, 1.807) is 0 Å². The summed E-state index contributed by atoms with van der Waals surface area (Å²) >= 11 is 6.02. The van der Waals surface area contributed by atoms with Crippen LogP contribution >= 0.6 is 24.0 Å². The molecule has 2 aromatic carbocycles. The first-order valence-electron chi connectivity index (χ1n) is 10.5. The molecule has 2 aromatic heterocycles. The van der Waals surface area contributed by atoms with E-state index >= 15 is 0 Å². The van der Waals surface area contributed by atoms with Crippen molar-refractivity contribution in [3.8, 4) is 22.4 Å². The Morgan fingerprint density at radius 2 is 1.81 bits per heavy atom. The van der Waals surface area contributed by atoms with Crippen LogP contribution in [0.5, 0.6) is 0 Å². The molecule has 0 bridgehead atoms. The first-order chi connectivity index (χ1) is 15.5. The number of carbonyl (C=O) groups is 1. The van der Waals surface area contributed by atoms with Crippen LogP contribution in [-0.4, -0.2) is 20.9 Å². The quantitative estimate of drug-likeness (QED) is 0.287. The number of hydrogen-bond donors (Lipinski definition) is 2. The minimum atomic E-state index is -1.22. The summed E-state index contributed by atoms with van der Waals surface area (Å²) in [6.45, 7) is 3.55. The summed E-state index contributed by atoms with van der Waals surface area (Å²) in [5.41, 5.74) is 4.29. The molecule has 0 fully saturated rings. The molecule has 1 atom stereocenters. The zero-order chi connectivity index (χ0) is 22.7. The number of thiophene rings is 1. The first-order valence-corrected chi connectivity index (χ1v) is 13.0. The summed E-state index contributed by atoms with van der Waals surface area (Å²) in [5.74, 6) is 0.366. The molecule has 1 amide bonds. The Morgan fingerprint density at radius 1 is 1.09 bits per heavy atom. The Kier molecular flexibility index (Phi) is 7.08. The number of aromatic nitrogens is 1. The van der Waals surface area contributed by atoms with Gasteiger partial charge in [0.1, 0.15) is 9.04 Å². The van der Waals surface area contributed by atoms with Crippen molar-refractivity contribution in [2.45, 2.75) is 35.8 Å². The Labute approximate surface area is 200 Å². The van der Waals surface area contributed by atoms with Gasteiger partial charge in [-0.2, -0.15) is 0 Å². The standard InChI is InChI=1S/C25H24N2O2S3/c1-3-4-14-32(29)25-23(26-16(2)28)22-19(17-10-6-5-7-11-17)15-20(27-24(22)31-25)18-12-8-9-13-21(18)30/h5-13,15,30H,3-4,14H2,1-2H3,(H,26,28). The van der Waals surface area contributed by atoms with Gasteiger partial charge in [0.25, 0.3) is 0 Å². The second kappa shape index (κ2) is 9.98. The third-order valence-electron chi connectivity index (χ3n) is 5.09. The van der Waals surface area contributed by atoms with Crippen LogP contribution in [-0.2, 0) is 15.6 Å². The minimum Gasteiger partial charge on any atom is -0.324 e. The number of amides is 1. The van der Waals surface area contributed by atoms with Crippen molar-refractivity contribution >= 4 is 56.6 Å². The van der Waals surface area contributed by atoms with Crippen molar-refractivity contribution in [2.75, 3.05) is 11.1 Å². The number of nitrogens with zero attached hydrogens (tertiary/aromatic N) is 1.